The SMILES string of the molecule is C1=C(C2CCCCC2)C=[C]([Zr](=[C](c2ccccc2)c2ccccc2)[c]2cccc3c2Cc2ccccc2-3)C1.Cl.Cl. The third-order valence-corrected chi connectivity index (χ3v) is 16.4. The Bertz CT molecular complexity index is 1530. The summed E-state index contributed by atoms with van der Waals surface area (Å²) in [7, 11) is 0. The Balaban J connectivity index is 0.00000161. The van der Waals surface area contributed by atoms with Crippen LogP contribution in [0.1, 0.15) is 60.8 Å². The molecule has 0 N–H and O–H groups in total. The van der Waals surface area contributed by atoms with Crippen LogP contribution in [0.25, 0.3) is 11.1 Å². The van der Waals surface area contributed by atoms with Gasteiger partial charge in [-0.25, -0.2) is 0 Å². The van der Waals surface area contributed by atoms with Gasteiger partial charge in [0.2, 0.25) is 0 Å². The molecule has 0 aromatic heterocycles. The van der Waals surface area contributed by atoms with Crippen molar-refractivity contribution in [1.82, 2.24) is 0 Å². The minimum Gasteiger partial charge on any atom is -0.147 e. The molecule has 3 aliphatic carbocycles. The van der Waals surface area contributed by atoms with Gasteiger partial charge in [0.15, 0.2) is 0 Å². The molecule has 0 nitrogen and oxygen atoms in total. The topological polar surface area (TPSA) is 0 Å². The van der Waals surface area contributed by atoms with Gasteiger partial charge < -0.3 is 0 Å². The smallest absolute Gasteiger partial charge is 0.147 e. The van der Waals surface area contributed by atoms with E-state index in [1.165, 1.54) is 59.9 Å². The molecule has 0 radical (unpaired) electrons. The second-order valence-electron chi connectivity index (χ2n) is 11.1. The first kappa shape index (κ1) is 29.2. The van der Waals surface area contributed by atoms with E-state index in [1.807, 2.05) is 0 Å². The molecule has 7 rings (SSSR count). The summed E-state index contributed by atoms with van der Waals surface area (Å²) in [5, 5.41) is 0. The number of fused-ring (bicyclic) bond motifs is 3. The maximum atomic E-state index is 2.69. The predicted molar refractivity (Wildman–Crippen MR) is 172 cm³/mol. The van der Waals surface area contributed by atoms with E-state index in [-0.39, 0.29) is 24.8 Å². The van der Waals surface area contributed by atoms with Crippen molar-refractivity contribution in [2.45, 2.75) is 44.9 Å². The summed E-state index contributed by atoms with van der Waals surface area (Å²) in [6.07, 6.45) is 14.5. The molecule has 40 heavy (non-hydrogen) atoms. The molecular weight excluding hydrogens is 607 g/mol. The van der Waals surface area contributed by atoms with Crippen LogP contribution in [0.3, 0.4) is 0 Å². The molecule has 0 bridgehead atoms. The van der Waals surface area contributed by atoms with Gasteiger partial charge in [-0.15, -0.1) is 24.8 Å². The van der Waals surface area contributed by atoms with Crippen LogP contribution in [-0.2, 0) is 27.7 Å². The molecule has 0 heterocycles. The molecule has 1 fully saturated rings. The van der Waals surface area contributed by atoms with Gasteiger partial charge in [0.05, 0.1) is 0 Å². The Morgan fingerprint density at radius 2 is 1.25 bits per heavy atom. The van der Waals surface area contributed by atoms with Crippen LogP contribution >= 0.6 is 24.8 Å². The average molecular weight is 643 g/mol. The summed E-state index contributed by atoms with van der Waals surface area (Å²) in [6.45, 7) is 0. The fourth-order valence-corrected chi connectivity index (χ4v) is 15.0. The van der Waals surface area contributed by atoms with Gasteiger partial charge in [-0.1, -0.05) is 0 Å². The molecule has 0 amide bonds. The summed E-state index contributed by atoms with van der Waals surface area (Å²) in [5.74, 6) is 0.772. The maximum absolute atomic E-state index is 2.69. The van der Waals surface area contributed by atoms with Crippen LogP contribution in [0.5, 0.6) is 0 Å². The van der Waals surface area contributed by atoms with Crippen LogP contribution in [0, 0.1) is 5.92 Å². The van der Waals surface area contributed by atoms with E-state index < -0.39 is 21.3 Å². The van der Waals surface area contributed by atoms with E-state index >= 15 is 0 Å². The number of hydrogen-bond donors (Lipinski definition) is 0. The minimum absolute atomic E-state index is 0. The Kier molecular flexibility index (Phi) is 9.58. The van der Waals surface area contributed by atoms with Crippen molar-refractivity contribution in [2.75, 3.05) is 0 Å². The fraction of sp³-hybridized carbons (Fsp3) is 0.216. The summed E-state index contributed by atoms with van der Waals surface area (Å²) in [5.41, 5.74) is 10.5. The first-order valence-electron chi connectivity index (χ1n) is 14.3. The van der Waals surface area contributed by atoms with Crippen molar-refractivity contribution in [2.24, 2.45) is 5.92 Å². The number of allylic oxidation sites excluding steroid dienone is 4. The summed E-state index contributed by atoms with van der Waals surface area (Å²) in [4.78, 5) is 0. The van der Waals surface area contributed by atoms with Gasteiger partial charge >= 0.3 is 236 Å². The van der Waals surface area contributed by atoms with Crippen LogP contribution in [0.4, 0.5) is 0 Å². The third-order valence-electron chi connectivity index (χ3n) is 8.79. The Morgan fingerprint density at radius 1 is 0.625 bits per heavy atom. The Morgan fingerprint density at radius 3 is 1.95 bits per heavy atom. The second-order valence-corrected chi connectivity index (χ2v) is 17.0. The number of hydrogen-bond acceptors (Lipinski definition) is 0. The van der Waals surface area contributed by atoms with E-state index in [1.54, 1.807) is 20.9 Å². The van der Waals surface area contributed by atoms with Crippen LogP contribution in [-0.4, -0.2) is 3.21 Å². The number of halogens is 2. The monoisotopic (exact) mass is 640 g/mol. The van der Waals surface area contributed by atoms with Crippen molar-refractivity contribution in [3.8, 4) is 11.1 Å². The quantitative estimate of drug-likeness (QED) is 0.179. The van der Waals surface area contributed by atoms with E-state index in [0.29, 0.717) is 0 Å². The third kappa shape index (κ3) is 5.59. The Labute approximate surface area is 259 Å². The average Bonchev–Trinajstić information content (AvgIpc) is 3.63. The fourth-order valence-electron chi connectivity index (χ4n) is 6.97. The van der Waals surface area contributed by atoms with Crippen molar-refractivity contribution < 1.29 is 21.3 Å². The van der Waals surface area contributed by atoms with Gasteiger partial charge in [-0.05, 0) is 0 Å². The zero-order chi connectivity index (χ0) is 25.3. The summed E-state index contributed by atoms with van der Waals surface area (Å²) >= 11 is -2.58. The molecule has 0 spiro atoms. The molecule has 4 aromatic rings. The molecule has 1 saturated carbocycles. The van der Waals surface area contributed by atoms with Crippen molar-refractivity contribution in [3.05, 3.63) is 146 Å². The van der Waals surface area contributed by atoms with Crippen molar-refractivity contribution in [3.63, 3.8) is 0 Å². The first-order chi connectivity index (χ1) is 18.9. The minimum atomic E-state index is -2.58. The maximum Gasteiger partial charge on any atom is -0.147 e. The molecule has 3 aliphatic rings. The van der Waals surface area contributed by atoms with E-state index in [4.69, 9.17) is 0 Å². The van der Waals surface area contributed by atoms with E-state index in [0.717, 1.165) is 18.8 Å². The number of rotatable bonds is 5. The van der Waals surface area contributed by atoms with Gasteiger partial charge in [0.1, 0.15) is 0 Å². The van der Waals surface area contributed by atoms with E-state index in [9.17, 15) is 0 Å². The molecule has 0 saturated heterocycles. The normalized spacial score (nSPS) is 15.6. The molecule has 0 atom stereocenters. The van der Waals surface area contributed by atoms with Gasteiger partial charge in [-0.2, -0.15) is 0 Å². The summed E-state index contributed by atoms with van der Waals surface area (Å²) in [6, 6.07) is 38.9. The van der Waals surface area contributed by atoms with Gasteiger partial charge in [0.25, 0.3) is 0 Å². The zero-order valence-electron chi connectivity index (χ0n) is 22.8. The van der Waals surface area contributed by atoms with Crippen LogP contribution in [0.15, 0.2) is 124 Å². The predicted octanol–water partition coefficient (Wildman–Crippen LogP) is 9.41. The van der Waals surface area contributed by atoms with Crippen molar-refractivity contribution in [1.29, 1.82) is 0 Å². The van der Waals surface area contributed by atoms with Crippen LogP contribution in [0.2, 0.25) is 0 Å². The molecule has 0 aliphatic heterocycles. The molecule has 202 valence electrons. The molecule has 0 unspecified atom stereocenters. The molecular formula is C37H36Cl2Zr. The number of benzene rings is 4. The van der Waals surface area contributed by atoms with E-state index in [2.05, 4.69) is 115 Å². The molecule has 4 aromatic carbocycles. The Hall–Kier alpha value is -2.31. The van der Waals surface area contributed by atoms with Crippen molar-refractivity contribution >= 4 is 31.3 Å². The summed E-state index contributed by atoms with van der Waals surface area (Å²) < 4.78 is 5.05. The van der Waals surface area contributed by atoms with Gasteiger partial charge in [-0.3, -0.25) is 0 Å². The second kappa shape index (κ2) is 13.1. The van der Waals surface area contributed by atoms with Gasteiger partial charge in [0, 0.05) is 0 Å². The largest absolute Gasteiger partial charge is 0.147 e. The molecule has 3 heteroatoms. The first-order valence-corrected chi connectivity index (χ1v) is 18.0. The zero-order valence-corrected chi connectivity index (χ0v) is 26.9. The standard InChI is InChI=1S/C13H9.C13H10.C11H15.2ClH.Zr/c1-3-7-12-10(5-1)9-11-6-2-4-8-13(11)12;1-3-7-12(8-4-1)11-13-9-5-2-6-10-13;1-2-6-10(7-3-1)11-8-4-5-9-11;;;/h1-5,7-8H,9H2;1-10H;8-10H,1-4,6-7H2;2*1H;. The van der Waals surface area contributed by atoms with Crippen LogP contribution < -0.4 is 3.27 Å².